The molecule has 0 bridgehead atoms. The third-order valence-electron chi connectivity index (χ3n) is 6.99. The lowest BCUT2D eigenvalue weighted by Gasteiger charge is -2.49. The van der Waals surface area contributed by atoms with E-state index >= 15 is 0 Å². The van der Waals surface area contributed by atoms with Crippen LogP contribution >= 0.6 is 0 Å². The van der Waals surface area contributed by atoms with E-state index in [2.05, 4.69) is 36.1 Å². The normalized spacial score (nSPS) is 21.2. The minimum Gasteiger partial charge on any atom is -0.496 e. The molecule has 0 saturated carbocycles. The number of hydrogen-bond donors (Lipinski definition) is 0. The number of rotatable bonds is 9. The molecule has 4 rings (SSSR count). The highest BCUT2D eigenvalue weighted by molar-refractivity contribution is 6.01. The van der Waals surface area contributed by atoms with Crippen molar-refractivity contribution in [2.75, 3.05) is 33.4 Å². The van der Waals surface area contributed by atoms with E-state index in [9.17, 15) is 4.79 Å². The second-order valence-corrected chi connectivity index (χ2v) is 8.89. The van der Waals surface area contributed by atoms with Crippen molar-refractivity contribution in [3.8, 4) is 5.75 Å². The summed E-state index contributed by atoms with van der Waals surface area (Å²) in [7, 11) is 1.62. The zero-order valence-electron chi connectivity index (χ0n) is 20.3. The van der Waals surface area contributed by atoms with Gasteiger partial charge < -0.3 is 19.1 Å². The molecule has 0 aromatic heterocycles. The van der Waals surface area contributed by atoms with Gasteiger partial charge in [-0.2, -0.15) is 0 Å². The third-order valence-corrected chi connectivity index (χ3v) is 6.99. The van der Waals surface area contributed by atoms with Gasteiger partial charge in [-0.25, -0.2) is 0 Å². The summed E-state index contributed by atoms with van der Waals surface area (Å²) in [6.45, 7) is 9.56. The summed E-state index contributed by atoms with van der Waals surface area (Å²) in [4.78, 5) is 17.8. The smallest absolute Gasteiger partial charge is 0.258 e. The Balaban J connectivity index is 1.61. The molecule has 0 N–H and O–H groups in total. The van der Waals surface area contributed by atoms with Gasteiger partial charge in [0.2, 0.25) is 0 Å². The maximum Gasteiger partial charge on any atom is 0.258 e. The molecular weight excluding hydrogens is 416 g/mol. The van der Waals surface area contributed by atoms with Gasteiger partial charge in [-0.15, -0.1) is 0 Å². The molecule has 0 spiro atoms. The number of piperidine rings is 1. The number of hydrogen-bond acceptors (Lipinski definition) is 5. The van der Waals surface area contributed by atoms with Crippen LogP contribution in [-0.4, -0.2) is 60.9 Å². The van der Waals surface area contributed by atoms with Crippen molar-refractivity contribution in [2.45, 2.75) is 58.0 Å². The van der Waals surface area contributed by atoms with Crippen molar-refractivity contribution in [2.24, 2.45) is 0 Å². The van der Waals surface area contributed by atoms with Crippen LogP contribution in [0.3, 0.4) is 0 Å². The van der Waals surface area contributed by atoms with E-state index in [-0.39, 0.29) is 18.0 Å². The molecule has 6 nitrogen and oxygen atoms in total. The van der Waals surface area contributed by atoms with E-state index in [1.54, 1.807) is 7.11 Å². The SMILES string of the molecule is CCOC1(OCC)CCN(C(C)c2ccccc2)C(CN2Cc3cccc(OC)c3C2=O)C1. The number of likely N-dealkylation sites (tertiary alicyclic amines) is 1. The average Bonchev–Trinajstić information content (AvgIpc) is 3.15. The standard InChI is InChI=1S/C27H36N2O4/c1-5-32-27(33-6-2)15-16-29(20(3)21-11-8-7-9-12-21)23(17-27)19-28-18-22-13-10-14-24(31-4)25(22)26(28)30/h7-14,20,23H,5-6,15-19H2,1-4H3. The Hall–Kier alpha value is -2.41. The Labute approximate surface area is 197 Å². The fourth-order valence-electron chi connectivity index (χ4n) is 5.45. The molecule has 1 saturated heterocycles. The summed E-state index contributed by atoms with van der Waals surface area (Å²) in [5, 5.41) is 0. The van der Waals surface area contributed by atoms with Gasteiger partial charge in [0.05, 0.1) is 12.7 Å². The number of carbonyl (C=O) groups is 1. The molecule has 2 aliphatic heterocycles. The lowest BCUT2D eigenvalue weighted by molar-refractivity contribution is -0.263. The van der Waals surface area contributed by atoms with E-state index in [1.165, 1.54) is 5.56 Å². The molecule has 0 aliphatic carbocycles. The highest BCUT2D eigenvalue weighted by Crippen LogP contribution is 2.38. The first-order valence-electron chi connectivity index (χ1n) is 12.1. The summed E-state index contributed by atoms with van der Waals surface area (Å²) < 4.78 is 17.9. The molecule has 2 atom stereocenters. The van der Waals surface area contributed by atoms with Crippen molar-refractivity contribution >= 4 is 5.91 Å². The Morgan fingerprint density at radius 3 is 2.45 bits per heavy atom. The van der Waals surface area contributed by atoms with Crippen molar-refractivity contribution in [3.63, 3.8) is 0 Å². The van der Waals surface area contributed by atoms with Gasteiger partial charge >= 0.3 is 0 Å². The average molecular weight is 453 g/mol. The first-order valence-corrected chi connectivity index (χ1v) is 12.1. The second kappa shape index (κ2) is 10.2. The summed E-state index contributed by atoms with van der Waals surface area (Å²) in [5.74, 6) is 0.0869. The molecule has 33 heavy (non-hydrogen) atoms. The first kappa shape index (κ1) is 23.7. The van der Waals surface area contributed by atoms with E-state index in [0.29, 0.717) is 37.6 Å². The maximum absolute atomic E-state index is 13.4. The number of fused-ring (bicyclic) bond motifs is 1. The first-order chi connectivity index (χ1) is 16.0. The number of methoxy groups -OCH3 is 1. The van der Waals surface area contributed by atoms with Gasteiger partial charge in [-0.05, 0) is 38.0 Å². The van der Waals surface area contributed by atoms with Crippen molar-refractivity contribution in [1.29, 1.82) is 0 Å². The van der Waals surface area contributed by atoms with Crippen LogP contribution in [0.15, 0.2) is 48.5 Å². The monoisotopic (exact) mass is 452 g/mol. The highest BCUT2D eigenvalue weighted by atomic mass is 16.7. The number of amides is 1. The van der Waals surface area contributed by atoms with Crippen LogP contribution in [0.4, 0.5) is 0 Å². The Kier molecular flexibility index (Phi) is 7.37. The second-order valence-electron chi connectivity index (χ2n) is 8.89. The third kappa shape index (κ3) is 4.79. The van der Waals surface area contributed by atoms with E-state index in [1.807, 2.05) is 43.0 Å². The van der Waals surface area contributed by atoms with Crippen LogP contribution in [0, 0.1) is 0 Å². The Bertz CT molecular complexity index is 942. The van der Waals surface area contributed by atoms with Gasteiger partial charge in [0.1, 0.15) is 5.75 Å². The quantitative estimate of drug-likeness (QED) is 0.519. The predicted molar refractivity (Wildman–Crippen MR) is 128 cm³/mol. The van der Waals surface area contributed by atoms with Crippen molar-refractivity contribution < 1.29 is 19.0 Å². The van der Waals surface area contributed by atoms with Crippen LogP contribution in [0.25, 0.3) is 0 Å². The summed E-state index contributed by atoms with van der Waals surface area (Å²) in [6, 6.07) is 16.7. The molecule has 2 aromatic carbocycles. The van der Waals surface area contributed by atoms with Crippen LogP contribution in [0.1, 0.15) is 61.1 Å². The number of ether oxygens (including phenoxy) is 3. The molecule has 2 heterocycles. The van der Waals surface area contributed by atoms with Gasteiger partial charge in [0, 0.05) is 57.8 Å². The Morgan fingerprint density at radius 2 is 1.79 bits per heavy atom. The van der Waals surface area contributed by atoms with Crippen molar-refractivity contribution in [1.82, 2.24) is 9.80 Å². The van der Waals surface area contributed by atoms with Gasteiger partial charge in [-0.1, -0.05) is 42.5 Å². The number of benzene rings is 2. The van der Waals surface area contributed by atoms with Gasteiger partial charge in [0.15, 0.2) is 5.79 Å². The minimum atomic E-state index is -0.603. The number of nitrogens with zero attached hydrogens (tertiary/aromatic N) is 2. The molecule has 0 radical (unpaired) electrons. The van der Waals surface area contributed by atoms with E-state index < -0.39 is 5.79 Å². The molecule has 2 aromatic rings. The summed E-state index contributed by atoms with van der Waals surface area (Å²) in [5.41, 5.74) is 3.00. The van der Waals surface area contributed by atoms with E-state index in [0.717, 1.165) is 24.9 Å². The fourth-order valence-corrected chi connectivity index (χ4v) is 5.45. The zero-order valence-corrected chi connectivity index (χ0v) is 20.3. The highest BCUT2D eigenvalue weighted by Gasteiger charge is 2.44. The molecule has 6 heteroatoms. The summed E-state index contributed by atoms with van der Waals surface area (Å²) >= 11 is 0. The summed E-state index contributed by atoms with van der Waals surface area (Å²) in [6.07, 6.45) is 1.54. The largest absolute Gasteiger partial charge is 0.496 e. The van der Waals surface area contributed by atoms with Crippen LogP contribution in [0.2, 0.25) is 0 Å². The van der Waals surface area contributed by atoms with Crippen LogP contribution in [0.5, 0.6) is 5.75 Å². The van der Waals surface area contributed by atoms with Gasteiger partial charge in [-0.3, -0.25) is 9.69 Å². The minimum absolute atomic E-state index is 0.0405. The van der Waals surface area contributed by atoms with Crippen LogP contribution in [-0.2, 0) is 16.0 Å². The van der Waals surface area contributed by atoms with Gasteiger partial charge in [0.25, 0.3) is 5.91 Å². The molecule has 178 valence electrons. The van der Waals surface area contributed by atoms with Crippen molar-refractivity contribution in [3.05, 3.63) is 65.2 Å². The van der Waals surface area contributed by atoms with Crippen LogP contribution < -0.4 is 4.74 Å². The molecule has 1 amide bonds. The molecule has 1 fully saturated rings. The topological polar surface area (TPSA) is 51.2 Å². The lowest BCUT2D eigenvalue weighted by Crippen LogP contribution is -2.56. The predicted octanol–water partition coefficient (Wildman–Crippen LogP) is 4.65. The maximum atomic E-state index is 13.4. The fraction of sp³-hybridized carbons (Fsp3) is 0.519. The molecule has 2 unspecified atom stereocenters. The molecular formula is C27H36N2O4. The molecule has 2 aliphatic rings. The Morgan fingerprint density at radius 1 is 1.06 bits per heavy atom. The zero-order chi connectivity index (χ0) is 23.4. The van der Waals surface area contributed by atoms with E-state index in [4.69, 9.17) is 14.2 Å². The lowest BCUT2D eigenvalue weighted by atomic mass is 9.92. The number of carbonyl (C=O) groups excluding carboxylic acids is 1.